The minimum absolute atomic E-state index is 0.185. The van der Waals surface area contributed by atoms with Crippen LogP contribution in [0.25, 0.3) is 96.8 Å². The molecule has 57 heavy (non-hydrogen) atoms. The maximum atomic E-state index is 5.23. The first-order chi connectivity index (χ1) is 28.2. The van der Waals surface area contributed by atoms with Gasteiger partial charge in [-0.3, -0.25) is 0 Å². The van der Waals surface area contributed by atoms with Crippen LogP contribution < -0.4 is 0 Å². The van der Waals surface area contributed by atoms with Crippen LogP contribution in [0, 0.1) is 0 Å². The summed E-state index contributed by atoms with van der Waals surface area (Å²) in [5, 5.41) is 4.95. The second-order valence-electron chi connectivity index (χ2n) is 14.7. The molecule has 0 radical (unpaired) electrons. The SMILES string of the molecule is c1ccc(C2c3ccccc3-c3ccc(-c4cccc(-c5nc(-c6ccc7sc8ccccc8c7c6)nc(-c6ccc7sc8ccccc8c7c6)n5)c4)cc32)cc1. The fraction of sp³-hybridized carbons (Fsp3) is 0.0192. The highest BCUT2D eigenvalue weighted by molar-refractivity contribution is 7.26. The van der Waals surface area contributed by atoms with Crippen molar-refractivity contribution in [1.29, 1.82) is 0 Å². The monoisotopic (exact) mass is 761 g/mol. The largest absolute Gasteiger partial charge is 0.208 e. The summed E-state index contributed by atoms with van der Waals surface area (Å²) in [6, 6.07) is 65.7. The third-order valence-corrected chi connectivity index (χ3v) is 13.7. The van der Waals surface area contributed by atoms with E-state index in [-0.39, 0.29) is 5.92 Å². The molecule has 3 aromatic heterocycles. The second kappa shape index (κ2) is 12.9. The first-order valence-corrected chi connectivity index (χ1v) is 20.8. The van der Waals surface area contributed by atoms with Gasteiger partial charge in [0.05, 0.1) is 0 Å². The van der Waals surface area contributed by atoms with E-state index < -0.39 is 0 Å². The normalized spacial score (nSPS) is 13.4. The zero-order valence-corrected chi connectivity index (χ0v) is 32.2. The topological polar surface area (TPSA) is 38.7 Å². The third kappa shape index (κ3) is 5.35. The zero-order valence-electron chi connectivity index (χ0n) is 30.6. The van der Waals surface area contributed by atoms with Crippen molar-refractivity contribution in [3.8, 4) is 56.4 Å². The number of nitrogens with zero attached hydrogens (tertiary/aromatic N) is 3. The van der Waals surface area contributed by atoms with Gasteiger partial charge in [0.15, 0.2) is 17.5 Å². The molecule has 0 saturated carbocycles. The van der Waals surface area contributed by atoms with E-state index >= 15 is 0 Å². The van der Waals surface area contributed by atoms with E-state index in [1.54, 1.807) is 0 Å². The highest BCUT2D eigenvalue weighted by Crippen LogP contribution is 2.49. The molecule has 0 N–H and O–H groups in total. The first-order valence-electron chi connectivity index (χ1n) is 19.2. The van der Waals surface area contributed by atoms with Gasteiger partial charge in [0.25, 0.3) is 0 Å². The van der Waals surface area contributed by atoms with Crippen LogP contribution in [0.2, 0.25) is 0 Å². The van der Waals surface area contributed by atoms with Crippen LogP contribution in [-0.2, 0) is 0 Å². The van der Waals surface area contributed by atoms with E-state index in [0.717, 1.165) is 22.3 Å². The summed E-state index contributed by atoms with van der Waals surface area (Å²) < 4.78 is 5.06. The Morgan fingerprint density at radius 2 is 0.807 bits per heavy atom. The van der Waals surface area contributed by atoms with Crippen LogP contribution in [0.4, 0.5) is 0 Å². The van der Waals surface area contributed by atoms with Crippen LogP contribution in [0.5, 0.6) is 0 Å². The predicted octanol–water partition coefficient (Wildman–Crippen LogP) is 14.4. The number of fused-ring (bicyclic) bond motifs is 9. The Kier molecular flexibility index (Phi) is 7.34. The van der Waals surface area contributed by atoms with Gasteiger partial charge in [0.2, 0.25) is 0 Å². The van der Waals surface area contributed by atoms with Crippen LogP contribution in [0.15, 0.2) is 182 Å². The molecule has 0 saturated heterocycles. The molecule has 1 atom stereocenters. The Morgan fingerprint density at radius 1 is 0.316 bits per heavy atom. The minimum atomic E-state index is 0.185. The molecule has 266 valence electrons. The van der Waals surface area contributed by atoms with Crippen LogP contribution in [0.1, 0.15) is 22.6 Å². The van der Waals surface area contributed by atoms with Crippen molar-refractivity contribution in [2.24, 2.45) is 0 Å². The van der Waals surface area contributed by atoms with Gasteiger partial charge < -0.3 is 0 Å². The van der Waals surface area contributed by atoms with Gasteiger partial charge in [-0.15, -0.1) is 22.7 Å². The molecule has 0 bridgehead atoms. The van der Waals surface area contributed by atoms with Crippen molar-refractivity contribution in [2.45, 2.75) is 5.92 Å². The van der Waals surface area contributed by atoms with Gasteiger partial charge in [-0.2, -0.15) is 0 Å². The Balaban J connectivity index is 1.01. The van der Waals surface area contributed by atoms with Gasteiger partial charge >= 0.3 is 0 Å². The zero-order chi connectivity index (χ0) is 37.5. The maximum Gasteiger partial charge on any atom is 0.164 e. The summed E-state index contributed by atoms with van der Waals surface area (Å²) in [7, 11) is 0. The Hall–Kier alpha value is -6.79. The van der Waals surface area contributed by atoms with Crippen molar-refractivity contribution in [2.75, 3.05) is 0 Å². The number of hydrogen-bond acceptors (Lipinski definition) is 5. The smallest absolute Gasteiger partial charge is 0.164 e. The molecule has 0 amide bonds. The molecule has 3 heterocycles. The lowest BCUT2D eigenvalue weighted by molar-refractivity contribution is 1.02. The third-order valence-electron chi connectivity index (χ3n) is 11.4. The fourth-order valence-electron chi connectivity index (χ4n) is 8.72. The summed E-state index contributed by atoms with van der Waals surface area (Å²) in [5.74, 6) is 2.16. The quantitative estimate of drug-likeness (QED) is 0.175. The molecule has 0 fully saturated rings. The molecule has 1 unspecified atom stereocenters. The molecule has 3 nitrogen and oxygen atoms in total. The number of hydrogen-bond donors (Lipinski definition) is 0. The van der Waals surface area contributed by atoms with Crippen LogP contribution >= 0.6 is 22.7 Å². The highest BCUT2D eigenvalue weighted by atomic mass is 32.1. The van der Waals surface area contributed by atoms with Crippen molar-refractivity contribution < 1.29 is 0 Å². The molecule has 1 aliphatic rings. The molecule has 8 aromatic carbocycles. The Morgan fingerprint density at radius 3 is 1.47 bits per heavy atom. The van der Waals surface area contributed by atoms with E-state index in [4.69, 9.17) is 15.0 Å². The molecule has 1 aliphatic carbocycles. The van der Waals surface area contributed by atoms with Crippen molar-refractivity contribution in [3.05, 3.63) is 199 Å². The van der Waals surface area contributed by atoms with Crippen molar-refractivity contribution >= 4 is 63.0 Å². The van der Waals surface area contributed by atoms with Gasteiger partial charge in [-0.25, -0.2) is 15.0 Å². The standard InChI is InChI=1S/C52H31N3S2/c1-2-11-31(12-3-1)49-41-18-5-4-15-37(41)38-24-21-33(28-44(38)49)32-13-10-14-34(27-32)50-53-51(35-22-25-47-42(29-35)39-16-6-8-19-45(39)56-47)55-52(54-50)36-23-26-48-43(30-36)40-17-7-9-20-46(40)57-48/h1-30,49H. The Labute approximate surface area is 337 Å². The summed E-state index contributed by atoms with van der Waals surface area (Å²) in [6.07, 6.45) is 0. The molecule has 11 aromatic rings. The molecular weight excluding hydrogens is 731 g/mol. The van der Waals surface area contributed by atoms with Gasteiger partial charge in [0.1, 0.15) is 0 Å². The van der Waals surface area contributed by atoms with E-state index in [0.29, 0.717) is 17.5 Å². The minimum Gasteiger partial charge on any atom is -0.208 e. The summed E-state index contributed by atoms with van der Waals surface area (Å²) in [5.41, 5.74) is 11.8. The highest BCUT2D eigenvalue weighted by Gasteiger charge is 2.30. The number of benzene rings is 8. The molecule has 12 rings (SSSR count). The lowest BCUT2D eigenvalue weighted by Crippen LogP contribution is -2.00. The Bertz CT molecular complexity index is 3250. The molecule has 0 spiro atoms. The molecule has 5 heteroatoms. The summed E-state index contributed by atoms with van der Waals surface area (Å²) in [6.45, 7) is 0. The van der Waals surface area contributed by atoms with E-state index in [1.807, 2.05) is 22.7 Å². The maximum absolute atomic E-state index is 5.23. The van der Waals surface area contributed by atoms with E-state index in [1.165, 1.54) is 73.7 Å². The van der Waals surface area contributed by atoms with Gasteiger partial charge in [0, 0.05) is 63.0 Å². The lowest BCUT2D eigenvalue weighted by atomic mass is 9.88. The summed E-state index contributed by atoms with van der Waals surface area (Å²) >= 11 is 3.64. The number of aromatic nitrogens is 3. The average molecular weight is 762 g/mol. The van der Waals surface area contributed by atoms with Gasteiger partial charge in [-0.05, 0) is 99.6 Å². The number of thiophene rings is 2. The first kappa shape index (κ1) is 32.5. The van der Waals surface area contributed by atoms with Crippen molar-refractivity contribution in [3.63, 3.8) is 0 Å². The van der Waals surface area contributed by atoms with E-state index in [9.17, 15) is 0 Å². The van der Waals surface area contributed by atoms with Crippen LogP contribution in [-0.4, -0.2) is 15.0 Å². The second-order valence-corrected chi connectivity index (χ2v) is 16.9. The molecule has 0 aliphatic heterocycles. The van der Waals surface area contributed by atoms with Gasteiger partial charge in [-0.1, -0.05) is 121 Å². The van der Waals surface area contributed by atoms with Crippen molar-refractivity contribution in [1.82, 2.24) is 15.0 Å². The average Bonchev–Trinajstić information content (AvgIpc) is 3.95. The van der Waals surface area contributed by atoms with Crippen LogP contribution in [0.3, 0.4) is 0 Å². The molecular formula is C52H31N3S2. The van der Waals surface area contributed by atoms with E-state index in [2.05, 4.69) is 182 Å². The number of rotatable bonds is 5. The fourth-order valence-corrected chi connectivity index (χ4v) is 10.9. The predicted molar refractivity (Wildman–Crippen MR) is 240 cm³/mol. The summed E-state index contributed by atoms with van der Waals surface area (Å²) in [4.78, 5) is 15.7. The lowest BCUT2D eigenvalue weighted by Gasteiger charge is -2.15.